The predicted octanol–water partition coefficient (Wildman–Crippen LogP) is 12.0. The average Bonchev–Trinajstić information content (AvgIpc) is 3.99. The fraction of sp³-hybridized carbons (Fsp3) is 0.0678. The van der Waals surface area contributed by atoms with Gasteiger partial charge in [0.25, 0.3) is 0 Å². The first-order chi connectivity index (χ1) is 30.8. The minimum absolute atomic E-state index is 0.626. The van der Waals surface area contributed by atoms with Crippen LogP contribution >= 0.6 is 0 Å². The van der Waals surface area contributed by atoms with E-state index in [0.717, 1.165) is 44.6 Å². The lowest BCUT2D eigenvalue weighted by Gasteiger charge is -2.28. The molecular formula is C59H41N3Si. The molecule has 11 aromatic rings. The Morgan fingerprint density at radius 2 is 0.762 bits per heavy atom. The van der Waals surface area contributed by atoms with Crippen LogP contribution in [0, 0.1) is 39.0 Å². The Labute approximate surface area is 367 Å². The van der Waals surface area contributed by atoms with Crippen LogP contribution in [0.25, 0.3) is 88.4 Å². The smallest absolute Gasteiger partial charge is 0.182 e. The Morgan fingerprint density at radius 3 is 1.19 bits per heavy atom. The molecule has 0 bridgehead atoms. The molecule has 4 heterocycles. The van der Waals surface area contributed by atoms with E-state index >= 15 is 0 Å². The molecule has 296 valence electrons. The Morgan fingerprint density at radius 1 is 0.365 bits per heavy atom. The lowest BCUT2D eigenvalue weighted by atomic mass is 9.96. The molecule has 0 fully saturated rings. The predicted molar refractivity (Wildman–Crippen MR) is 266 cm³/mol. The third-order valence-corrected chi connectivity index (χ3v) is 19.1. The summed E-state index contributed by atoms with van der Waals surface area (Å²) in [5, 5.41) is 21.9. The van der Waals surface area contributed by atoms with Crippen molar-refractivity contribution in [1.82, 2.24) is 9.13 Å². The molecule has 2 aromatic heterocycles. The van der Waals surface area contributed by atoms with Gasteiger partial charge in [0.15, 0.2) is 8.07 Å². The molecule has 0 unspecified atom stereocenters. The first kappa shape index (κ1) is 36.0. The Kier molecular flexibility index (Phi) is 7.37. The van der Waals surface area contributed by atoms with Gasteiger partial charge in [-0.3, -0.25) is 0 Å². The van der Waals surface area contributed by atoms with Crippen LogP contribution in [0.3, 0.4) is 0 Å². The minimum atomic E-state index is -2.73. The summed E-state index contributed by atoms with van der Waals surface area (Å²) in [6.45, 7) is 8.65. The summed E-state index contributed by atoms with van der Waals surface area (Å²) >= 11 is 0. The number of nitriles is 1. The standard InChI is InChI=1S/C59H41N3Si/c1-35-17-23-50-46(27-35)47-28-36(2)18-24-51(47)61(50)54-33-45(55(31-40(54)34-60)62-52-25-19-37(3)29-48(52)49-30-38(4)20-26-53(49)62)39-21-22-44-43-13-7-10-16-58(43)63(59(44)32-39)56-14-8-5-11-41(56)42-12-6-9-15-57(42)63/h5-33H,1-4H3. The van der Waals surface area contributed by atoms with E-state index in [-0.39, 0.29) is 0 Å². The lowest BCUT2D eigenvalue weighted by Crippen LogP contribution is -2.70. The number of rotatable bonds is 3. The van der Waals surface area contributed by atoms with Gasteiger partial charge in [0.2, 0.25) is 0 Å². The molecule has 0 aliphatic carbocycles. The fourth-order valence-corrected chi connectivity index (χ4v) is 17.2. The van der Waals surface area contributed by atoms with E-state index in [1.165, 1.54) is 86.8 Å². The number of hydrogen-bond donors (Lipinski definition) is 0. The number of aromatic nitrogens is 2. The van der Waals surface area contributed by atoms with Crippen LogP contribution in [0.4, 0.5) is 0 Å². The quantitative estimate of drug-likeness (QED) is 0.164. The van der Waals surface area contributed by atoms with Crippen LogP contribution < -0.4 is 20.7 Å². The highest BCUT2D eigenvalue weighted by atomic mass is 28.3. The van der Waals surface area contributed by atoms with Gasteiger partial charge in [-0.2, -0.15) is 5.26 Å². The zero-order valence-corrected chi connectivity index (χ0v) is 36.6. The molecule has 0 amide bonds. The van der Waals surface area contributed by atoms with Crippen molar-refractivity contribution in [1.29, 1.82) is 5.26 Å². The molecule has 0 atom stereocenters. The van der Waals surface area contributed by atoms with Gasteiger partial charge in [0.05, 0.1) is 39.0 Å². The van der Waals surface area contributed by atoms with Gasteiger partial charge in [-0.15, -0.1) is 0 Å². The summed E-state index contributed by atoms with van der Waals surface area (Å²) in [6.07, 6.45) is 0. The summed E-state index contributed by atoms with van der Waals surface area (Å²) in [5.74, 6) is 0. The van der Waals surface area contributed by atoms with Crippen molar-refractivity contribution in [2.45, 2.75) is 27.7 Å². The number of nitrogens with zero attached hydrogens (tertiary/aromatic N) is 3. The molecule has 2 aliphatic rings. The van der Waals surface area contributed by atoms with Gasteiger partial charge in [-0.05, 0) is 137 Å². The molecule has 0 saturated carbocycles. The van der Waals surface area contributed by atoms with E-state index in [2.05, 4.69) is 219 Å². The lowest BCUT2D eigenvalue weighted by molar-refractivity contribution is 1.13. The average molecular weight is 820 g/mol. The van der Waals surface area contributed by atoms with Crippen molar-refractivity contribution in [3.8, 4) is 50.8 Å². The number of benzene rings is 9. The number of aryl methyl sites for hydroxylation is 4. The van der Waals surface area contributed by atoms with E-state index in [9.17, 15) is 5.26 Å². The van der Waals surface area contributed by atoms with Crippen LogP contribution in [0.5, 0.6) is 0 Å². The molecule has 1 spiro atoms. The Balaban J connectivity index is 1.17. The summed E-state index contributed by atoms with van der Waals surface area (Å²) in [5.41, 5.74) is 19.4. The zero-order chi connectivity index (χ0) is 42.3. The molecular weight excluding hydrogens is 779 g/mol. The van der Waals surface area contributed by atoms with E-state index in [4.69, 9.17) is 0 Å². The maximum Gasteiger partial charge on any atom is 0.182 e. The SMILES string of the molecule is Cc1ccc2c(c1)c1cc(C)ccc1n2-c1cc(-c2ccc3c(c2)[Si]2(c4ccccc4-c4ccccc42)c2ccccc2-3)c(-n2c3ccc(C)cc3c3cc(C)ccc32)cc1C#N. The summed E-state index contributed by atoms with van der Waals surface area (Å²) in [6, 6.07) is 68.9. The summed E-state index contributed by atoms with van der Waals surface area (Å²) in [7, 11) is -2.73. The molecule has 0 N–H and O–H groups in total. The third-order valence-electron chi connectivity index (χ3n) is 14.2. The van der Waals surface area contributed by atoms with Crippen molar-refractivity contribution >= 4 is 72.4 Å². The molecule has 2 aliphatic heterocycles. The summed E-state index contributed by atoms with van der Waals surface area (Å²) in [4.78, 5) is 0. The Bertz CT molecular complexity index is 3690. The number of fused-ring (bicyclic) bond motifs is 16. The highest BCUT2D eigenvalue weighted by Crippen LogP contribution is 2.43. The maximum absolute atomic E-state index is 11.3. The largest absolute Gasteiger partial charge is 0.309 e. The second-order valence-corrected chi connectivity index (χ2v) is 21.6. The van der Waals surface area contributed by atoms with Gasteiger partial charge in [0.1, 0.15) is 6.07 Å². The van der Waals surface area contributed by atoms with Crippen molar-refractivity contribution in [3.05, 3.63) is 204 Å². The van der Waals surface area contributed by atoms with Crippen molar-refractivity contribution in [3.63, 3.8) is 0 Å². The molecule has 9 aromatic carbocycles. The second kappa shape index (κ2) is 12.9. The van der Waals surface area contributed by atoms with Crippen molar-refractivity contribution in [2.75, 3.05) is 0 Å². The van der Waals surface area contributed by atoms with Gasteiger partial charge >= 0.3 is 0 Å². The molecule has 0 saturated heterocycles. The van der Waals surface area contributed by atoms with Crippen LogP contribution in [0.2, 0.25) is 0 Å². The first-order valence-corrected chi connectivity index (χ1v) is 23.9. The normalized spacial score (nSPS) is 13.2. The Hall–Kier alpha value is -7.71. The van der Waals surface area contributed by atoms with Gasteiger partial charge in [-0.25, -0.2) is 0 Å². The summed E-state index contributed by atoms with van der Waals surface area (Å²) < 4.78 is 4.74. The fourth-order valence-electron chi connectivity index (χ4n) is 11.6. The molecule has 63 heavy (non-hydrogen) atoms. The molecule has 3 nitrogen and oxygen atoms in total. The van der Waals surface area contributed by atoms with Gasteiger partial charge < -0.3 is 9.13 Å². The van der Waals surface area contributed by atoms with Crippen LogP contribution in [0.15, 0.2) is 176 Å². The first-order valence-electron chi connectivity index (χ1n) is 21.9. The van der Waals surface area contributed by atoms with Crippen molar-refractivity contribution < 1.29 is 0 Å². The highest BCUT2D eigenvalue weighted by molar-refractivity contribution is 7.24. The minimum Gasteiger partial charge on any atom is -0.309 e. The molecule has 0 radical (unpaired) electrons. The monoisotopic (exact) mass is 819 g/mol. The molecule has 13 rings (SSSR count). The van der Waals surface area contributed by atoms with Crippen LogP contribution in [0.1, 0.15) is 27.8 Å². The zero-order valence-electron chi connectivity index (χ0n) is 35.6. The third kappa shape index (κ3) is 4.78. The van der Waals surface area contributed by atoms with E-state index in [0.29, 0.717) is 5.56 Å². The van der Waals surface area contributed by atoms with E-state index in [1.54, 1.807) is 0 Å². The maximum atomic E-state index is 11.3. The number of hydrogen-bond acceptors (Lipinski definition) is 1. The van der Waals surface area contributed by atoms with Crippen LogP contribution in [-0.2, 0) is 0 Å². The topological polar surface area (TPSA) is 33.6 Å². The van der Waals surface area contributed by atoms with E-state index < -0.39 is 8.07 Å². The van der Waals surface area contributed by atoms with E-state index in [1.807, 2.05) is 0 Å². The van der Waals surface area contributed by atoms with Gasteiger partial charge in [0, 0.05) is 27.1 Å². The molecule has 4 heteroatoms. The highest BCUT2D eigenvalue weighted by Gasteiger charge is 2.53. The second-order valence-electron chi connectivity index (χ2n) is 17.9. The van der Waals surface area contributed by atoms with Crippen LogP contribution in [-0.4, -0.2) is 17.2 Å². The van der Waals surface area contributed by atoms with Gasteiger partial charge in [-0.1, -0.05) is 138 Å². The van der Waals surface area contributed by atoms with Crippen molar-refractivity contribution in [2.24, 2.45) is 0 Å².